The van der Waals surface area contributed by atoms with E-state index in [0.717, 1.165) is 45.2 Å². The van der Waals surface area contributed by atoms with E-state index in [1.807, 2.05) is 55.5 Å². The summed E-state index contributed by atoms with van der Waals surface area (Å²) in [6.45, 7) is 8.31. The van der Waals surface area contributed by atoms with E-state index in [0.29, 0.717) is 23.3 Å². The number of rotatable bonds is 9. The number of aromatic nitrogens is 1. The fourth-order valence-corrected chi connectivity index (χ4v) is 5.87. The zero-order valence-electron chi connectivity index (χ0n) is 23.2. The number of nitrogens with zero attached hydrogens (tertiary/aromatic N) is 2. The number of hydrogen-bond acceptors (Lipinski definition) is 5. The van der Waals surface area contributed by atoms with Crippen LogP contribution in [0.3, 0.4) is 0 Å². The van der Waals surface area contributed by atoms with Crippen molar-refractivity contribution in [2.75, 3.05) is 5.75 Å². The lowest BCUT2D eigenvalue weighted by Gasteiger charge is -2.08. The SMILES string of the molecule is CCn1c2ccc(C(=O)c3ccccc3C)cc2c2cc(/C(CCSc3ccc(C)cc3)=N/OC(C)=O)ccc21. The topological polar surface area (TPSA) is 60.7 Å². The maximum absolute atomic E-state index is 13.4. The van der Waals surface area contributed by atoms with Crippen LogP contribution in [0.25, 0.3) is 21.8 Å². The Morgan fingerprint density at radius 3 is 2.15 bits per heavy atom. The molecule has 0 aliphatic carbocycles. The molecule has 0 aliphatic heterocycles. The molecule has 0 fully saturated rings. The van der Waals surface area contributed by atoms with Crippen molar-refractivity contribution < 1.29 is 14.4 Å². The number of oxime groups is 1. The van der Waals surface area contributed by atoms with Crippen molar-refractivity contribution >= 4 is 51.0 Å². The van der Waals surface area contributed by atoms with Gasteiger partial charge in [-0.05, 0) is 68.8 Å². The van der Waals surface area contributed by atoms with Crippen molar-refractivity contribution in [1.29, 1.82) is 0 Å². The summed E-state index contributed by atoms with van der Waals surface area (Å²) >= 11 is 1.74. The number of carbonyl (C=O) groups excluding carboxylic acids is 2. The molecule has 0 saturated carbocycles. The molecule has 6 heteroatoms. The van der Waals surface area contributed by atoms with Gasteiger partial charge in [0.1, 0.15) is 0 Å². The highest BCUT2D eigenvalue weighted by atomic mass is 32.2. The largest absolute Gasteiger partial charge is 0.341 e. The number of thioether (sulfide) groups is 1. The van der Waals surface area contributed by atoms with Gasteiger partial charge in [-0.3, -0.25) is 4.79 Å². The second-order valence-corrected chi connectivity index (χ2v) is 11.1. The summed E-state index contributed by atoms with van der Waals surface area (Å²) in [4.78, 5) is 31.3. The molecule has 1 heterocycles. The third-order valence-corrected chi connectivity index (χ3v) is 8.09. The van der Waals surface area contributed by atoms with Crippen LogP contribution in [0.15, 0.2) is 95.0 Å². The van der Waals surface area contributed by atoms with E-state index in [-0.39, 0.29) is 5.78 Å². The summed E-state index contributed by atoms with van der Waals surface area (Å²) in [5.74, 6) is 0.345. The Labute approximate surface area is 238 Å². The van der Waals surface area contributed by atoms with Gasteiger partial charge in [0.25, 0.3) is 0 Å². The highest BCUT2D eigenvalue weighted by Gasteiger charge is 2.17. The molecule has 0 aliphatic rings. The van der Waals surface area contributed by atoms with Crippen molar-refractivity contribution in [3.05, 3.63) is 113 Å². The minimum atomic E-state index is -0.452. The number of fused-ring (bicyclic) bond motifs is 3. The summed E-state index contributed by atoms with van der Waals surface area (Å²) in [7, 11) is 0. The van der Waals surface area contributed by atoms with Crippen LogP contribution < -0.4 is 0 Å². The highest BCUT2D eigenvalue weighted by Crippen LogP contribution is 2.32. The first-order valence-electron chi connectivity index (χ1n) is 13.5. The fourth-order valence-electron chi connectivity index (χ4n) is 5.01. The summed E-state index contributed by atoms with van der Waals surface area (Å²) in [5, 5.41) is 6.29. The Kier molecular flexibility index (Phi) is 8.17. The van der Waals surface area contributed by atoms with Gasteiger partial charge < -0.3 is 9.40 Å². The molecule has 4 aromatic carbocycles. The summed E-state index contributed by atoms with van der Waals surface area (Å²) in [6, 6.07) is 28.3. The third-order valence-electron chi connectivity index (χ3n) is 7.08. The van der Waals surface area contributed by atoms with Crippen LogP contribution in [-0.2, 0) is 16.2 Å². The molecule has 1 aromatic heterocycles. The number of hydrogen-bond donors (Lipinski definition) is 0. The molecular weight excluding hydrogens is 516 g/mol. The molecule has 0 unspecified atom stereocenters. The number of carbonyl (C=O) groups is 2. The van der Waals surface area contributed by atoms with E-state index in [9.17, 15) is 9.59 Å². The summed E-state index contributed by atoms with van der Waals surface area (Å²) in [5.41, 5.74) is 7.32. The molecule has 0 amide bonds. The lowest BCUT2D eigenvalue weighted by molar-refractivity contribution is -0.140. The zero-order chi connectivity index (χ0) is 28.2. The molecule has 0 spiro atoms. The Hall–Kier alpha value is -4.16. The van der Waals surface area contributed by atoms with Gasteiger partial charge in [-0.2, -0.15) is 0 Å². The first-order chi connectivity index (χ1) is 19.4. The van der Waals surface area contributed by atoms with Crippen molar-refractivity contribution in [1.82, 2.24) is 4.57 Å². The van der Waals surface area contributed by atoms with Gasteiger partial charge in [-0.15, -0.1) is 11.8 Å². The predicted molar refractivity (Wildman–Crippen MR) is 165 cm³/mol. The van der Waals surface area contributed by atoms with Crippen molar-refractivity contribution in [3.8, 4) is 0 Å². The zero-order valence-corrected chi connectivity index (χ0v) is 24.0. The van der Waals surface area contributed by atoms with Crippen molar-refractivity contribution in [2.24, 2.45) is 5.16 Å². The average molecular weight is 549 g/mol. The smallest absolute Gasteiger partial charge is 0.331 e. The standard InChI is InChI=1S/C34H32N2O3S/c1-5-36-32-16-12-25(31(35-39-24(4)37)18-19-40-27-14-10-22(2)11-15-27)20-29(32)30-21-26(13-17-33(30)36)34(38)28-9-7-6-8-23(28)3/h6-17,20-21H,5,18-19H2,1-4H3/b35-31+. The van der Waals surface area contributed by atoms with Crippen LogP contribution >= 0.6 is 11.8 Å². The van der Waals surface area contributed by atoms with Crippen LogP contribution in [0, 0.1) is 13.8 Å². The van der Waals surface area contributed by atoms with Gasteiger partial charge in [-0.1, -0.05) is 53.2 Å². The molecular formula is C34H32N2O3S. The van der Waals surface area contributed by atoms with E-state index < -0.39 is 5.97 Å². The molecule has 40 heavy (non-hydrogen) atoms. The van der Waals surface area contributed by atoms with Gasteiger partial charge in [0.15, 0.2) is 5.78 Å². The maximum atomic E-state index is 13.4. The number of benzene rings is 4. The third kappa shape index (κ3) is 5.73. The van der Waals surface area contributed by atoms with E-state index in [2.05, 4.69) is 60.0 Å². The van der Waals surface area contributed by atoms with Gasteiger partial charge in [-0.25, -0.2) is 4.79 Å². The van der Waals surface area contributed by atoms with Gasteiger partial charge in [0, 0.05) is 69.0 Å². The van der Waals surface area contributed by atoms with Crippen LogP contribution in [0.1, 0.15) is 52.9 Å². The van der Waals surface area contributed by atoms with Crippen LogP contribution in [0.5, 0.6) is 0 Å². The predicted octanol–water partition coefficient (Wildman–Crippen LogP) is 8.11. The van der Waals surface area contributed by atoms with E-state index in [4.69, 9.17) is 4.84 Å². The van der Waals surface area contributed by atoms with Crippen molar-refractivity contribution in [3.63, 3.8) is 0 Å². The van der Waals surface area contributed by atoms with E-state index in [1.54, 1.807) is 11.8 Å². The summed E-state index contributed by atoms with van der Waals surface area (Å²) in [6.07, 6.45) is 0.626. The molecule has 5 nitrogen and oxygen atoms in total. The molecule has 0 radical (unpaired) electrons. The Morgan fingerprint density at radius 1 is 0.850 bits per heavy atom. The fraction of sp³-hybridized carbons (Fsp3) is 0.206. The van der Waals surface area contributed by atoms with Gasteiger partial charge in [0.2, 0.25) is 0 Å². The highest BCUT2D eigenvalue weighted by molar-refractivity contribution is 7.99. The Morgan fingerprint density at radius 2 is 1.50 bits per heavy atom. The molecule has 0 saturated heterocycles. The normalized spacial score (nSPS) is 11.8. The molecule has 0 bridgehead atoms. The Bertz CT molecular complexity index is 1750. The molecule has 0 N–H and O–H groups in total. The monoisotopic (exact) mass is 548 g/mol. The average Bonchev–Trinajstić information content (AvgIpc) is 3.27. The van der Waals surface area contributed by atoms with Crippen molar-refractivity contribution in [2.45, 2.75) is 45.6 Å². The van der Waals surface area contributed by atoms with Gasteiger partial charge in [0.05, 0.1) is 5.71 Å². The lowest BCUT2D eigenvalue weighted by atomic mass is 9.97. The summed E-state index contributed by atoms with van der Waals surface area (Å²) < 4.78 is 2.26. The number of ketones is 1. The first-order valence-corrected chi connectivity index (χ1v) is 14.4. The lowest BCUT2D eigenvalue weighted by Crippen LogP contribution is -2.06. The quantitative estimate of drug-likeness (QED) is 0.0614. The minimum Gasteiger partial charge on any atom is -0.341 e. The molecule has 5 aromatic rings. The van der Waals surface area contributed by atoms with Crippen LogP contribution in [-0.4, -0.2) is 27.8 Å². The molecule has 0 atom stereocenters. The second-order valence-electron chi connectivity index (χ2n) is 9.88. The van der Waals surface area contributed by atoms with Gasteiger partial charge >= 0.3 is 5.97 Å². The first kappa shape index (κ1) is 27.4. The van der Waals surface area contributed by atoms with Crippen LogP contribution in [0.2, 0.25) is 0 Å². The van der Waals surface area contributed by atoms with E-state index >= 15 is 0 Å². The van der Waals surface area contributed by atoms with Crippen LogP contribution in [0.4, 0.5) is 0 Å². The maximum Gasteiger partial charge on any atom is 0.331 e. The minimum absolute atomic E-state index is 0.0128. The molecule has 202 valence electrons. The van der Waals surface area contributed by atoms with E-state index in [1.165, 1.54) is 17.4 Å². The number of aryl methyl sites for hydroxylation is 3. The second kappa shape index (κ2) is 11.9. The Balaban J connectivity index is 1.53. The molecule has 5 rings (SSSR count).